The number of benzene rings is 1. The van der Waals surface area contributed by atoms with E-state index in [1.54, 1.807) is 0 Å². The van der Waals surface area contributed by atoms with E-state index in [2.05, 4.69) is 71.7 Å². The molecule has 0 radical (unpaired) electrons. The lowest BCUT2D eigenvalue weighted by Gasteiger charge is -2.06. The first-order valence-electron chi connectivity index (χ1n) is 12.6. The number of nitrogen functional groups attached to an aromatic ring is 1. The Morgan fingerprint density at radius 1 is 0.421 bits per heavy atom. The van der Waals surface area contributed by atoms with Gasteiger partial charge >= 0.3 is 0 Å². The first-order valence-corrected chi connectivity index (χ1v) is 12.6. The maximum atomic E-state index is 6.27. The number of hydrogen-bond donors (Lipinski definition) is 1. The predicted octanol–water partition coefficient (Wildman–Crippen LogP) is 8.74. The Morgan fingerprint density at radius 3 is 1.39 bits per heavy atom. The van der Waals surface area contributed by atoms with Crippen LogP contribution in [0.2, 0.25) is 0 Å². The molecule has 0 saturated carbocycles. The van der Waals surface area contributed by atoms with Crippen LogP contribution >= 0.6 is 0 Å². The van der Waals surface area contributed by atoms with Crippen LogP contribution in [0.25, 0.3) is 33.5 Å². The van der Waals surface area contributed by atoms with Crippen molar-refractivity contribution in [2.75, 3.05) is 5.73 Å². The highest BCUT2D eigenvalue weighted by Crippen LogP contribution is 2.27. The Balaban J connectivity index is 1.79. The van der Waals surface area contributed by atoms with E-state index in [0.29, 0.717) is 5.82 Å². The average Bonchev–Trinajstić information content (AvgIpc) is 2.94. The molecule has 0 bridgehead atoms. The maximum Gasteiger partial charge on any atom is 0.154 e. The molecule has 3 heteroatoms. The number of aromatic nitrogens is 2. The summed E-state index contributed by atoms with van der Waals surface area (Å²) in [5.74, 6) is 0.395. The molecule has 186 valence electrons. The molecular formula is C35H31N3. The smallest absolute Gasteiger partial charge is 0.154 e. The fourth-order valence-electron chi connectivity index (χ4n) is 3.80. The molecule has 3 aromatic carbocycles. The summed E-state index contributed by atoms with van der Waals surface area (Å²) >= 11 is 0. The van der Waals surface area contributed by atoms with Crippen LogP contribution in [0, 0.1) is 6.92 Å². The summed E-state index contributed by atoms with van der Waals surface area (Å²) in [6.07, 6.45) is 0. The fraction of sp³-hybridized carbons (Fsp3) is 0.0286. The third kappa shape index (κ3) is 7.74. The zero-order valence-electron chi connectivity index (χ0n) is 21.5. The summed E-state index contributed by atoms with van der Waals surface area (Å²) in [5.41, 5.74) is 13.2. The van der Waals surface area contributed by atoms with E-state index in [4.69, 9.17) is 5.73 Å². The fourth-order valence-corrected chi connectivity index (χ4v) is 3.80. The topological polar surface area (TPSA) is 51.8 Å². The van der Waals surface area contributed by atoms with E-state index in [1.165, 1.54) is 5.56 Å². The molecule has 0 amide bonds. The molecule has 0 atom stereocenters. The highest BCUT2D eigenvalue weighted by molar-refractivity contribution is 5.77. The average molecular weight is 494 g/mol. The molecule has 4 rings (SSSR count). The molecule has 2 N–H and O–H groups in total. The molecule has 4 aromatic rings. The van der Waals surface area contributed by atoms with Crippen LogP contribution in [0.1, 0.15) is 5.56 Å². The standard InChI is InChI=1S/C35H31N3/c1-28-17-8-3-2-4-10-19-29(20-11-5-9-18-28)30-21-12-6-13-22-31(26-16-25-30)33-27-34(37-38-35(33)36)32-23-14-7-15-24-32/h2-27H,1H3,(H2,36,38). The van der Waals surface area contributed by atoms with E-state index in [9.17, 15) is 0 Å². The lowest BCUT2D eigenvalue weighted by molar-refractivity contribution is 1.05. The van der Waals surface area contributed by atoms with Crippen LogP contribution in [-0.4, -0.2) is 10.2 Å². The summed E-state index contributed by atoms with van der Waals surface area (Å²) in [6, 6.07) is 53.1. The summed E-state index contributed by atoms with van der Waals surface area (Å²) in [7, 11) is 0. The van der Waals surface area contributed by atoms with Gasteiger partial charge in [-0.25, -0.2) is 0 Å². The number of nitrogens with two attached hydrogens (primary N) is 1. The second kappa shape index (κ2) is 13.9. The lowest BCUT2D eigenvalue weighted by atomic mass is 10.0. The molecular weight excluding hydrogens is 462 g/mol. The summed E-state index contributed by atoms with van der Waals surface area (Å²) in [6.45, 7) is 2.09. The molecule has 0 fully saturated rings. The number of aryl methyl sites for hydroxylation is 1. The van der Waals surface area contributed by atoms with Gasteiger partial charge in [-0.05, 0) is 29.7 Å². The molecule has 0 saturated heterocycles. The second-order valence-electron chi connectivity index (χ2n) is 8.65. The second-order valence-corrected chi connectivity index (χ2v) is 8.65. The van der Waals surface area contributed by atoms with Gasteiger partial charge in [0.05, 0.1) is 5.69 Å². The van der Waals surface area contributed by atoms with Crippen molar-refractivity contribution in [3.8, 4) is 33.5 Å². The van der Waals surface area contributed by atoms with Crippen molar-refractivity contribution in [1.29, 1.82) is 0 Å². The van der Waals surface area contributed by atoms with Crippen LogP contribution < -0.4 is 5.73 Å². The number of rotatable bonds is 3. The SMILES string of the molecule is Cc1cccccccc(-c2cccccc(-c3cc(-c4ccccc4)nnc3N)ccc2)ccccc1. The van der Waals surface area contributed by atoms with E-state index < -0.39 is 0 Å². The van der Waals surface area contributed by atoms with Crippen LogP contribution in [0.15, 0.2) is 158 Å². The molecule has 0 unspecified atom stereocenters. The summed E-state index contributed by atoms with van der Waals surface area (Å²) in [5, 5.41) is 8.54. The van der Waals surface area contributed by atoms with Crippen molar-refractivity contribution in [1.82, 2.24) is 10.2 Å². The van der Waals surface area contributed by atoms with Gasteiger partial charge in [-0.2, -0.15) is 0 Å². The molecule has 0 aliphatic carbocycles. The van der Waals surface area contributed by atoms with Crippen molar-refractivity contribution in [3.63, 3.8) is 0 Å². The van der Waals surface area contributed by atoms with Gasteiger partial charge < -0.3 is 5.73 Å². The Morgan fingerprint density at radius 2 is 0.816 bits per heavy atom. The zero-order chi connectivity index (χ0) is 26.4. The molecule has 0 aliphatic heterocycles. The van der Waals surface area contributed by atoms with E-state index in [0.717, 1.165) is 33.5 Å². The molecule has 0 spiro atoms. The van der Waals surface area contributed by atoms with Crippen molar-refractivity contribution >= 4 is 5.82 Å². The van der Waals surface area contributed by atoms with Crippen LogP contribution in [-0.2, 0) is 0 Å². The quantitative estimate of drug-likeness (QED) is 0.310. The number of anilines is 1. The highest BCUT2D eigenvalue weighted by Gasteiger charge is 2.07. The van der Waals surface area contributed by atoms with Gasteiger partial charge in [0, 0.05) is 11.1 Å². The van der Waals surface area contributed by atoms with Crippen molar-refractivity contribution in [2.24, 2.45) is 0 Å². The van der Waals surface area contributed by atoms with Crippen LogP contribution in [0.3, 0.4) is 0 Å². The van der Waals surface area contributed by atoms with Gasteiger partial charge in [-0.3, -0.25) is 0 Å². The predicted molar refractivity (Wildman–Crippen MR) is 160 cm³/mol. The van der Waals surface area contributed by atoms with Gasteiger partial charge in [0.25, 0.3) is 0 Å². The third-order valence-electron chi connectivity index (χ3n) is 5.80. The zero-order valence-corrected chi connectivity index (χ0v) is 21.5. The molecule has 1 aromatic heterocycles. The van der Waals surface area contributed by atoms with Gasteiger partial charge in [0.2, 0.25) is 0 Å². The minimum Gasteiger partial charge on any atom is -0.382 e. The van der Waals surface area contributed by atoms with Gasteiger partial charge in [-0.1, -0.05) is 157 Å². The van der Waals surface area contributed by atoms with E-state index in [-0.39, 0.29) is 0 Å². The van der Waals surface area contributed by atoms with Gasteiger partial charge in [0.1, 0.15) is 0 Å². The normalized spacial score (nSPS) is 9.82. The lowest BCUT2D eigenvalue weighted by Crippen LogP contribution is -1.98. The van der Waals surface area contributed by atoms with Crippen molar-refractivity contribution in [2.45, 2.75) is 6.92 Å². The van der Waals surface area contributed by atoms with Crippen LogP contribution in [0.4, 0.5) is 5.82 Å². The first kappa shape index (κ1) is 26.1. The van der Waals surface area contributed by atoms with E-state index in [1.807, 2.05) is 103 Å². The monoisotopic (exact) mass is 493 g/mol. The number of nitrogens with zero attached hydrogens (tertiary/aromatic N) is 2. The van der Waals surface area contributed by atoms with Crippen molar-refractivity contribution in [3.05, 3.63) is 163 Å². The van der Waals surface area contributed by atoms with Crippen molar-refractivity contribution < 1.29 is 0 Å². The molecule has 38 heavy (non-hydrogen) atoms. The molecule has 3 nitrogen and oxygen atoms in total. The largest absolute Gasteiger partial charge is 0.382 e. The first-order chi connectivity index (χ1) is 18.7. The molecule has 1 heterocycles. The van der Waals surface area contributed by atoms with Crippen LogP contribution in [0.5, 0.6) is 0 Å². The summed E-state index contributed by atoms with van der Waals surface area (Å²) < 4.78 is 0. The van der Waals surface area contributed by atoms with E-state index >= 15 is 0 Å². The highest BCUT2D eigenvalue weighted by atomic mass is 15.1. The van der Waals surface area contributed by atoms with Gasteiger partial charge in [0.15, 0.2) is 5.82 Å². The molecule has 0 aliphatic rings. The maximum absolute atomic E-state index is 6.27. The Kier molecular flexibility index (Phi) is 9.53. The van der Waals surface area contributed by atoms with Gasteiger partial charge in [-0.15, -0.1) is 10.2 Å². The number of hydrogen-bond acceptors (Lipinski definition) is 3. The Labute approximate surface area is 225 Å². The third-order valence-corrected chi connectivity index (χ3v) is 5.80. The minimum atomic E-state index is 0.395. The Hall–Kier alpha value is -5.02. The minimum absolute atomic E-state index is 0.395. The summed E-state index contributed by atoms with van der Waals surface area (Å²) in [4.78, 5) is 0. The Bertz CT molecular complexity index is 1540.